The lowest BCUT2D eigenvalue weighted by Crippen LogP contribution is -2.40. The van der Waals surface area contributed by atoms with Crippen molar-refractivity contribution in [1.29, 1.82) is 0 Å². The Morgan fingerprint density at radius 1 is 0.600 bits per heavy atom. The van der Waals surface area contributed by atoms with Crippen LogP contribution in [0.2, 0.25) is 13.1 Å². The molecule has 0 saturated carbocycles. The molecule has 0 aromatic heterocycles. The van der Waals surface area contributed by atoms with Gasteiger partial charge in [-0.15, -0.1) is 0 Å². The Bertz CT molecular complexity index is 629. The van der Waals surface area contributed by atoms with E-state index in [-0.39, 0.29) is 19.5 Å². The molecular formula is C38H77NO5Si. The van der Waals surface area contributed by atoms with E-state index in [1.165, 1.54) is 128 Å². The van der Waals surface area contributed by atoms with Gasteiger partial charge in [-0.1, -0.05) is 121 Å². The number of unbranched alkanes of at least 4 members (excludes halogenated alkanes) is 3. The Labute approximate surface area is 281 Å². The predicted molar refractivity (Wildman–Crippen MR) is 194 cm³/mol. The maximum atomic E-state index is 9.17. The number of aliphatic hydroxyl groups excluding tert-OH is 2. The van der Waals surface area contributed by atoms with Crippen LogP contribution in [0.1, 0.15) is 167 Å². The molecule has 1 rings (SSSR count). The quantitative estimate of drug-likeness (QED) is 0.110. The molecular weight excluding hydrogens is 579 g/mol. The Morgan fingerprint density at radius 2 is 1.07 bits per heavy atom. The van der Waals surface area contributed by atoms with Gasteiger partial charge in [0.2, 0.25) is 0 Å². The minimum absolute atomic E-state index is 0.132. The molecule has 0 radical (unpaired) electrons. The van der Waals surface area contributed by atoms with Gasteiger partial charge < -0.3 is 23.8 Å². The van der Waals surface area contributed by atoms with Crippen molar-refractivity contribution in [2.75, 3.05) is 46.1 Å². The Morgan fingerprint density at radius 3 is 1.60 bits per heavy atom. The van der Waals surface area contributed by atoms with Gasteiger partial charge in [0.25, 0.3) is 0 Å². The first-order chi connectivity index (χ1) is 22.1. The maximum absolute atomic E-state index is 9.17. The fraction of sp³-hybridized carbons (Fsp3) is 0.947. The van der Waals surface area contributed by atoms with E-state index in [1.54, 1.807) is 0 Å². The standard InChI is InChI=1S/C38H77NO5Si/c1-45(2,43-37-29-25-23-27-31-39(32-34-40)33-35-41)44-38-30-26-22-20-18-16-14-12-10-8-6-4-3-5-7-9-11-13-15-17-19-21-24-28-36-42-38/h3-4,38,40-41H,5-37H2,1-2H3/b4-3-. The summed E-state index contributed by atoms with van der Waals surface area (Å²) in [6.07, 6.45) is 38.1. The van der Waals surface area contributed by atoms with Gasteiger partial charge in [0.15, 0.2) is 0 Å². The van der Waals surface area contributed by atoms with E-state index in [0.717, 1.165) is 58.3 Å². The topological polar surface area (TPSA) is 71.4 Å². The molecule has 0 aromatic carbocycles. The van der Waals surface area contributed by atoms with Crippen molar-refractivity contribution >= 4 is 8.56 Å². The van der Waals surface area contributed by atoms with Crippen molar-refractivity contribution < 1.29 is 23.8 Å². The number of rotatable bonds is 14. The van der Waals surface area contributed by atoms with E-state index in [0.29, 0.717) is 13.1 Å². The fourth-order valence-electron chi connectivity index (χ4n) is 6.29. The summed E-state index contributed by atoms with van der Waals surface area (Å²) in [6, 6.07) is 0. The molecule has 1 unspecified atom stereocenters. The van der Waals surface area contributed by atoms with Crippen LogP contribution in [0, 0.1) is 0 Å². The number of hydrogen-bond acceptors (Lipinski definition) is 6. The van der Waals surface area contributed by atoms with Gasteiger partial charge in [-0.3, -0.25) is 4.90 Å². The highest BCUT2D eigenvalue weighted by Crippen LogP contribution is 2.19. The molecule has 0 fully saturated rings. The third-order valence-electron chi connectivity index (χ3n) is 9.11. The smallest absolute Gasteiger partial charge is 0.333 e. The molecule has 7 heteroatoms. The van der Waals surface area contributed by atoms with Crippen LogP contribution in [0.3, 0.4) is 0 Å². The van der Waals surface area contributed by atoms with Crippen molar-refractivity contribution in [1.82, 2.24) is 4.90 Å². The second kappa shape index (κ2) is 32.3. The first-order valence-electron chi connectivity index (χ1n) is 19.6. The maximum Gasteiger partial charge on any atom is 0.333 e. The number of nitrogens with zero attached hydrogens (tertiary/aromatic N) is 1. The molecule has 0 amide bonds. The van der Waals surface area contributed by atoms with Gasteiger partial charge in [-0.25, -0.2) is 0 Å². The van der Waals surface area contributed by atoms with Gasteiger partial charge in [-0.05, 0) is 77.4 Å². The number of aliphatic hydroxyl groups is 2. The van der Waals surface area contributed by atoms with E-state index in [9.17, 15) is 10.2 Å². The molecule has 1 aliphatic heterocycles. The zero-order valence-corrected chi connectivity index (χ0v) is 31.1. The third kappa shape index (κ3) is 29.6. The zero-order chi connectivity index (χ0) is 32.5. The Hall–Kier alpha value is -0.283. The van der Waals surface area contributed by atoms with E-state index in [2.05, 4.69) is 30.1 Å². The van der Waals surface area contributed by atoms with Gasteiger partial charge >= 0.3 is 8.56 Å². The van der Waals surface area contributed by atoms with Crippen molar-refractivity contribution in [3.05, 3.63) is 12.2 Å². The van der Waals surface area contributed by atoms with Crippen LogP contribution in [0.25, 0.3) is 0 Å². The monoisotopic (exact) mass is 656 g/mol. The predicted octanol–water partition coefficient (Wildman–Crippen LogP) is 10.1. The van der Waals surface area contributed by atoms with E-state index in [4.69, 9.17) is 13.6 Å². The summed E-state index contributed by atoms with van der Waals surface area (Å²) in [5, 5.41) is 18.3. The largest absolute Gasteiger partial charge is 0.395 e. The van der Waals surface area contributed by atoms with Gasteiger partial charge in [0, 0.05) is 26.3 Å². The van der Waals surface area contributed by atoms with Crippen molar-refractivity contribution in [3.8, 4) is 0 Å². The summed E-state index contributed by atoms with van der Waals surface area (Å²) in [5.41, 5.74) is 0. The number of allylic oxidation sites excluding steroid dienone is 2. The van der Waals surface area contributed by atoms with Crippen LogP contribution in [0.15, 0.2) is 12.2 Å². The second-order valence-corrected chi connectivity index (χ2v) is 17.2. The molecule has 1 heterocycles. The molecule has 0 aliphatic carbocycles. The molecule has 0 spiro atoms. The van der Waals surface area contributed by atoms with Crippen LogP contribution in [0.4, 0.5) is 0 Å². The first-order valence-corrected chi connectivity index (χ1v) is 22.4. The summed E-state index contributed by atoms with van der Waals surface area (Å²) in [5.74, 6) is 0. The van der Waals surface area contributed by atoms with E-state index in [1.807, 2.05) is 0 Å². The second-order valence-electron chi connectivity index (χ2n) is 13.9. The highest BCUT2D eigenvalue weighted by Gasteiger charge is 2.29. The normalized spacial score (nSPS) is 21.8. The van der Waals surface area contributed by atoms with Crippen LogP contribution in [-0.4, -0.2) is 76.0 Å². The average molecular weight is 656 g/mol. The van der Waals surface area contributed by atoms with Gasteiger partial charge in [0.1, 0.15) is 6.29 Å². The minimum Gasteiger partial charge on any atom is -0.395 e. The SMILES string of the molecule is C[Si](C)(OCCCCCCN(CCO)CCO)OC1CCCCCCCCCCC/C=C\CCCCCCCCCCCCO1. The van der Waals surface area contributed by atoms with Crippen molar-refractivity contribution in [2.24, 2.45) is 0 Å². The van der Waals surface area contributed by atoms with Crippen molar-refractivity contribution in [3.63, 3.8) is 0 Å². The summed E-state index contributed by atoms with van der Waals surface area (Å²) in [6.45, 7) is 8.41. The Kier molecular flexibility index (Phi) is 30.7. The van der Waals surface area contributed by atoms with Gasteiger partial charge in [0.05, 0.1) is 13.2 Å². The van der Waals surface area contributed by atoms with Crippen LogP contribution in [0.5, 0.6) is 0 Å². The summed E-state index contributed by atoms with van der Waals surface area (Å²) < 4.78 is 19.3. The molecule has 1 atom stereocenters. The van der Waals surface area contributed by atoms with E-state index >= 15 is 0 Å². The average Bonchev–Trinajstić information content (AvgIpc) is 3.01. The lowest BCUT2D eigenvalue weighted by Gasteiger charge is -2.29. The number of hydrogen-bond donors (Lipinski definition) is 2. The van der Waals surface area contributed by atoms with Gasteiger partial charge in [-0.2, -0.15) is 0 Å². The molecule has 1 aliphatic rings. The molecule has 0 bridgehead atoms. The highest BCUT2D eigenvalue weighted by molar-refractivity contribution is 6.64. The third-order valence-corrected chi connectivity index (χ3v) is 10.8. The molecule has 268 valence electrons. The van der Waals surface area contributed by atoms with Crippen LogP contribution >= 0.6 is 0 Å². The van der Waals surface area contributed by atoms with Crippen LogP contribution in [-0.2, 0) is 13.6 Å². The Balaban J connectivity index is 2.37. The summed E-state index contributed by atoms with van der Waals surface area (Å²) in [4.78, 5) is 2.13. The molecule has 45 heavy (non-hydrogen) atoms. The summed E-state index contributed by atoms with van der Waals surface area (Å²) >= 11 is 0. The molecule has 0 aromatic rings. The lowest BCUT2D eigenvalue weighted by molar-refractivity contribution is -0.104. The highest BCUT2D eigenvalue weighted by atomic mass is 28.4. The molecule has 6 nitrogen and oxygen atoms in total. The zero-order valence-electron chi connectivity index (χ0n) is 30.1. The van der Waals surface area contributed by atoms with E-state index < -0.39 is 8.56 Å². The molecule has 0 saturated heterocycles. The first kappa shape index (κ1) is 42.7. The summed E-state index contributed by atoms with van der Waals surface area (Å²) in [7, 11) is -2.26. The van der Waals surface area contributed by atoms with Crippen molar-refractivity contribution in [2.45, 2.75) is 186 Å². The molecule has 2 N–H and O–H groups in total. The lowest BCUT2D eigenvalue weighted by atomic mass is 10.0. The van der Waals surface area contributed by atoms with Crippen LogP contribution < -0.4 is 0 Å². The fourth-order valence-corrected chi connectivity index (χ4v) is 7.82. The minimum atomic E-state index is -2.26. The number of ether oxygens (including phenoxy) is 1.